The number of thiol groups is 1. The van der Waals surface area contributed by atoms with Crippen molar-refractivity contribution >= 4 is 20.2 Å². The lowest BCUT2D eigenvalue weighted by Gasteiger charge is -2.15. The average Bonchev–Trinajstić information content (AvgIpc) is 2.24. The van der Waals surface area contributed by atoms with Crippen molar-refractivity contribution in [3.8, 4) is 0 Å². The van der Waals surface area contributed by atoms with Crippen LogP contribution in [0, 0.1) is 0 Å². The van der Waals surface area contributed by atoms with Gasteiger partial charge in [-0.15, -0.1) is 0 Å². The van der Waals surface area contributed by atoms with E-state index in [0.29, 0.717) is 6.42 Å². The van der Waals surface area contributed by atoms with Crippen molar-refractivity contribution in [3.63, 3.8) is 0 Å². The Morgan fingerprint density at radius 1 is 1.25 bits per heavy atom. The average molecular weight is 260 g/mol. The number of hydrogen-bond acceptors (Lipinski definition) is 2. The highest BCUT2D eigenvalue weighted by Crippen LogP contribution is 2.43. The summed E-state index contributed by atoms with van der Waals surface area (Å²) >= 11 is 3.98. The lowest BCUT2D eigenvalue weighted by Crippen LogP contribution is -2.10. The fraction of sp³-hybridized carbons (Fsp3) is 0.455. The second kappa shape index (κ2) is 6.45. The molecule has 3 nitrogen and oxygen atoms in total. The van der Waals surface area contributed by atoms with Crippen LogP contribution >= 0.6 is 20.2 Å². The van der Waals surface area contributed by atoms with E-state index >= 15 is 0 Å². The predicted molar refractivity (Wildman–Crippen MR) is 69.1 cm³/mol. The van der Waals surface area contributed by atoms with Crippen molar-refractivity contribution in [2.45, 2.75) is 24.9 Å². The normalized spacial score (nSPS) is 13.7. The van der Waals surface area contributed by atoms with Gasteiger partial charge in [-0.2, -0.15) is 12.6 Å². The zero-order valence-electron chi connectivity index (χ0n) is 8.99. The largest absolute Gasteiger partial charge is 0.329 e. The second-order valence-corrected chi connectivity index (χ2v) is 6.08. The molecule has 0 heterocycles. The molecule has 0 saturated carbocycles. The Balaban J connectivity index is 2.38. The summed E-state index contributed by atoms with van der Waals surface area (Å²) in [6, 6.07) is 9.93. The summed E-state index contributed by atoms with van der Waals surface area (Å²) in [4.78, 5) is 18.1. The molecule has 5 heteroatoms. The van der Waals surface area contributed by atoms with Gasteiger partial charge in [0, 0.05) is 5.75 Å². The molecule has 0 radical (unpaired) electrons. The van der Waals surface area contributed by atoms with E-state index in [0.717, 1.165) is 12.8 Å². The molecule has 90 valence electrons. The van der Waals surface area contributed by atoms with Gasteiger partial charge in [0.1, 0.15) is 0 Å². The molecule has 2 N–H and O–H groups in total. The summed E-state index contributed by atoms with van der Waals surface area (Å²) in [5.74, 6) is 0.235. The zero-order valence-corrected chi connectivity index (χ0v) is 10.8. The molecule has 1 aromatic carbocycles. The minimum absolute atomic E-state index is 0.235. The third-order valence-corrected chi connectivity index (χ3v) is 4.65. The van der Waals surface area contributed by atoms with Crippen molar-refractivity contribution in [1.82, 2.24) is 0 Å². The molecular weight excluding hydrogens is 243 g/mol. The van der Waals surface area contributed by atoms with E-state index in [1.54, 1.807) is 0 Å². The molecule has 0 bridgehead atoms. The summed E-state index contributed by atoms with van der Waals surface area (Å²) < 4.78 is 11.1. The molecule has 0 aliphatic rings. The maximum absolute atomic E-state index is 11.1. The summed E-state index contributed by atoms with van der Waals surface area (Å²) in [5, 5.41) is 0. The molecule has 0 saturated heterocycles. The number of benzene rings is 1. The van der Waals surface area contributed by atoms with Crippen LogP contribution in [0.3, 0.4) is 0 Å². The highest BCUT2D eigenvalue weighted by molar-refractivity contribution is 7.80. The Morgan fingerprint density at radius 2 is 1.88 bits per heavy atom. The maximum Gasteiger partial charge on any atom is 0.329 e. The van der Waals surface area contributed by atoms with Crippen molar-refractivity contribution in [2.24, 2.45) is 0 Å². The second-order valence-electron chi connectivity index (χ2n) is 3.80. The fourth-order valence-electron chi connectivity index (χ4n) is 1.55. The zero-order chi connectivity index (χ0) is 12.0. The Labute approximate surface area is 101 Å². The maximum atomic E-state index is 11.1. The van der Waals surface area contributed by atoms with Gasteiger partial charge in [-0.1, -0.05) is 30.3 Å². The Morgan fingerprint density at radius 3 is 2.38 bits per heavy atom. The van der Waals surface area contributed by atoms with Gasteiger partial charge in [-0.25, -0.2) is 0 Å². The molecule has 1 atom stereocenters. The van der Waals surface area contributed by atoms with E-state index in [4.69, 9.17) is 9.79 Å². The van der Waals surface area contributed by atoms with Crippen LogP contribution in [0.25, 0.3) is 0 Å². The fourth-order valence-corrected chi connectivity index (χ4v) is 3.10. The Bertz CT molecular complexity index is 350. The van der Waals surface area contributed by atoms with Gasteiger partial charge < -0.3 is 9.79 Å². The predicted octanol–water partition coefficient (Wildman–Crippen LogP) is 2.49. The third-order valence-electron chi connectivity index (χ3n) is 2.53. The summed E-state index contributed by atoms with van der Waals surface area (Å²) in [6.45, 7) is 0. The first-order valence-electron chi connectivity index (χ1n) is 5.24. The third kappa shape index (κ3) is 4.71. The van der Waals surface area contributed by atoms with E-state index in [1.165, 1.54) is 5.56 Å². The molecule has 0 fully saturated rings. The van der Waals surface area contributed by atoms with Crippen LogP contribution in [-0.4, -0.2) is 21.2 Å². The van der Waals surface area contributed by atoms with Crippen molar-refractivity contribution < 1.29 is 14.4 Å². The van der Waals surface area contributed by atoms with E-state index in [-0.39, 0.29) is 5.75 Å². The topological polar surface area (TPSA) is 57.5 Å². The van der Waals surface area contributed by atoms with Crippen molar-refractivity contribution in [2.75, 3.05) is 5.75 Å². The minimum Gasteiger partial charge on any atom is -0.324 e. The van der Waals surface area contributed by atoms with Crippen LogP contribution in [0.15, 0.2) is 30.3 Å². The molecule has 1 unspecified atom stereocenters. The van der Waals surface area contributed by atoms with Gasteiger partial charge in [0.25, 0.3) is 0 Å². The minimum atomic E-state index is -3.97. The highest BCUT2D eigenvalue weighted by Gasteiger charge is 2.26. The monoisotopic (exact) mass is 260 g/mol. The number of rotatable bonds is 6. The molecule has 0 amide bonds. The van der Waals surface area contributed by atoms with E-state index in [2.05, 4.69) is 12.6 Å². The first-order chi connectivity index (χ1) is 7.54. The number of aryl methyl sites for hydroxylation is 1. The van der Waals surface area contributed by atoms with Gasteiger partial charge in [-0.3, -0.25) is 4.57 Å². The molecule has 0 aliphatic carbocycles. The van der Waals surface area contributed by atoms with Gasteiger partial charge in [0.15, 0.2) is 0 Å². The smallest absolute Gasteiger partial charge is 0.324 e. The summed E-state index contributed by atoms with van der Waals surface area (Å²) in [7, 11) is -3.97. The SMILES string of the molecule is O=P(O)(O)C(CS)CCCc1ccccc1. The van der Waals surface area contributed by atoms with Crippen LogP contribution in [0.5, 0.6) is 0 Å². The summed E-state index contributed by atoms with van der Waals surface area (Å²) in [6.07, 6.45) is 2.15. The van der Waals surface area contributed by atoms with Crippen LogP contribution in [-0.2, 0) is 11.0 Å². The molecule has 1 rings (SSSR count). The lowest BCUT2D eigenvalue weighted by molar-refractivity contribution is 0.357. The summed E-state index contributed by atoms with van der Waals surface area (Å²) in [5.41, 5.74) is 0.589. The van der Waals surface area contributed by atoms with Gasteiger partial charge in [0.2, 0.25) is 0 Å². The van der Waals surface area contributed by atoms with Crippen molar-refractivity contribution in [3.05, 3.63) is 35.9 Å². The van der Waals surface area contributed by atoms with Crippen LogP contribution < -0.4 is 0 Å². The first kappa shape index (κ1) is 13.8. The van der Waals surface area contributed by atoms with Crippen molar-refractivity contribution in [1.29, 1.82) is 0 Å². The molecular formula is C11H17O3PS. The molecule has 0 aromatic heterocycles. The van der Waals surface area contributed by atoms with Crippen LogP contribution in [0.2, 0.25) is 0 Å². The Kier molecular flexibility index (Phi) is 5.56. The Hall–Kier alpha value is -0.280. The molecule has 16 heavy (non-hydrogen) atoms. The quantitative estimate of drug-likeness (QED) is 0.544. The van der Waals surface area contributed by atoms with Crippen LogP contribution in [0.4, 0.5) is 0 Å². The highest BCUT2D eigenvalue weighted by atomic mass is 32.1. The molecule has 0 spiro atoms. The van der Waals surface area contributed by atoms with Gasteiger partial charge in [0.05, 0.1) is 5.66 Å². The number of hydrogen-bond donors (Lipinski definition) is 3. The standard InChI is InChI=1S/C11H17O3PS/c12-15(13,14)11(9-16)8-4-7-10-5-2-1-3-6-10/h1-3,5-6,11,16H,4,7-9H2,(H2,12,13,14). The first-order valence-corrected chi connectivity index (χ1v) is 7.55. The van der Waals surface area contributed by atoms with E-state index in [1.807, 2.05) is 30.3 Å². The van der Waals surface area contributed by atoms with Gasteiger partial charge >= 0.3 is 7.60 Å². The molecule has 0 aliphatic heterocycles. The van der Waals surface area contributed by atoms with Crippen LogP contribution in [0.1, 0.15) is 18.4 Å². The van der Waals surface area contributed by atoms with E-state index in [9.17, 15) is 4.57 Å². The van der Waals surface area contributed by atoms with E-state index < -0.39 is 13.3 Å². The lowest BCUT2D eigenvalue weighted by atomic mass is 10.1. The molecule has 1 aromatic rings. The van der Waals surface area contributed by atoms with Gasteiger partial charge in [-0.05, 0) is 24.8 Å².